The van der Waals surface area contributed by atoms with Crippen molar-refractivity contribution in [2.45, 2.75) is 26.2 Å². The fraction of sp³-hybridized carbons (Fsp3) is 0.0755. The topological polar surface area (TPSA) is 17.8 Å². The summed E-state index contributed by atoms with van der Waals surface area (Å²) >= 11 is 0. The smallest absolute Gasteiger partial charge is 0.0709 e. The van der Waals surface area contributed by atoms with E-state index in [1.807, 2.05) is 0 Å². The minimum absolute atomic E-state index is 0.0561. The van der Waals surface area contributed by atoms with E-state index in [0.29, 0.717) is 0 Å². The monoisotopic (exact) mass is 702 g/mol. The number of nitrogens with zero attached hydrogens (tertiary/aromatic N) is 2. The Hall–Kier alpha value is -6.77. The molecule has 0 atom stereocenters. The number of rotatable bonds is 4. The van der Waals surface area contributed by atoms with E-state index in [-0.39, 0.29) is 5.41 Å². The van der Waals surface area contributed by atoms with Crippen molar-refractivity contribution in [1.29, 1.82) is 0 Å². The van der Waals surface area contributed by atoms with Gasteiger partial charge >= 0.3 is 0 Å². The molecule has 0 N–H and O–H groups in total. The summed E-state index contributed by atoms with van der Waals surface area (Å²) in [5.41, 5.74) is 13.0. The summed E-state index contributed by atoms with van der Waals surface area (Å²) in [7, 11) is 0. The van der Waals surface area contributed by atoms with Gasteiger partial charge < -0.3 is 4.57 Å². The zero-order chi connectivity index (χ0) is 36.8. The maximum atomic E-state index is 4.99. The van der Waals surface area contributed by atoms with Gasteiger partial charge in [0, 0.05) is 27.4 Å². The molecule has 0 aliphatic carbocycles. The van der Waals surface area contributed by atoms with E-state index >= 15 is 0 Å². The van der Waals surface area contributed by atoms with Gasteiger partial charge in [0.2, 0.25) is 0 Å². The van der Waals surface area contributed by atoms with Crippen LogP contribution in [-0.2, 0) is 5.41 Å². The highest BCUT2D eigenvalue weighted by molar-refractivity contribution is 6.28. The van der Waals surface area contributed by atoms with Crippen LogP contribution in [0.4, 0.5) is 0 Å². The lowest BCUT2D eigenvalue weighted by Gasteiger charge is -2.23. The number of pyridine rings is 1. The van der Waals surface area contributed by atoms with Crippen LogP contribution < -0.4 is 0 Å². The van der Waals surface area contributed by atoms with Crippen molar-refractivity contribution in [3.63, 3.8) is 0 Å². The standard InChI is InChI=1S/C53H38N2/c1-53(2,3)39-30-37-22-27-43-45(33-16-18-36(19-17-33)48-29-24-35-10-4-7-13-47(35)54-48)32-46(44-28-23-38(31-39)51(37)52(43)44)34-20-25-40(26-21-34)55-49-14-8-5-11-41(49)42-12-6-9-15-50(42)55/h4-32H,1-3H3. The Balaban J connectivity index is 1.11. The van der Waals surface area contributed by atoms with Gasteiger partial charge in [0.1, 0.15) is 0 Å². The number of para-hydroxylation sites is 3. The van der Waals surface area contributed by atoms with Crippen molar-refractivity contribution in [1.82, 2.24) is 9.55 Å². The molecule has 0 aliphatic rings. The Morgan fingerprint density at radius 3 is 1.56 bits per heavy atom. The summed E-state index contributed by atoms with van der Waals surface area (Å²) in [5.74, 6) is 0. The molecule has 2 heterocycles. The lowest BCUT2D eigenvalue weighted by molar-refractivity contribution is 0.591. The van der Waals surface area contributed by atoms with Crippen molar-refractivity contribution in [2.24, 2.45) is 0 Å². The highest BCUT2D eigenvalue weighted by Crippen LogP contribution is 2.45. The summed E-state index contributed by atoms with van der Waals surface area (Å²) < 4.78 is 2.39. The van der Waals surface area contributed by atoms with Gasteiger partial charge in [0.25, 0.3) is 0 Å². The van der Waals surface area contributed by atoms with Gasteiger partial charge in [-0.15, -0.1) is 0 Å². The van der Waals surface area contributed by atoms with Crippen LogP contribution in [0.5, 0.6) is 0 Å². The lowest BCUT2D eigenvalue weighted by Crippen LogP contribution is -2.10. The van der Waals surface area contributed by atoms with E-state index in [4.69, 9.17) is 4.98 Å². The Morgan fingerprint density at radius 1 is 0.418 bits per heavy atom. The van der Waals surface area contributed by atoms with Gasteiger partial charge in [-0.05, 0) is 108 Å². The zero-order valence-corrected chi connectivity index (χ0v) is 31.1. The molecule has 0 radical (unpaired) electrons. The molecular formula is C53H38N2. The number of hydrogen-bond acceptors (Lipinski definition) is 1. The number of benzene rings is 9. The van der Waals surface area contributed by atoms with Crippen molar-refractivity contribution in [2.75, 3.05) is 0 Å². The van der Waals surface area contributed by atoms with Gasteiger partial charge in [0.05, 0.1) is 22.2 Å². The fourth-order valence-corrected chi connectivity index (χ4v) is 8.86. The van der Waals surface area contributed by atoms with Gasteiger partial charge in [-0.25, -0.2) is 4.98 Å². The molecule has 11 rings (SSSR count). The first kappa shape index (κ1) is 31.7. The summed E-state index contributed by atoms with van der Waals surface area (Å²) in [4.78, 5) is 4.99. The number of aromatic nitrogens is 2. The molecule has 0 unspecified atom stereocenters. The predicted octanol–water partition coefficient (Wildman–Crippen LogP) is 14.5. The molecular weight excluding hydrogens is 665 g/mol. The van der Waals surface area contributed by atoms with Crippen molar-refractivity contribution in [3.8, 4) is 39.2 Å². The van der Waals surface area contributed by atoms with Crippen molar-refractivity contribution < 1.29 is 0 Å². The second-order valence-electron chi connectivity index (χ2n) is 16.0. The molecule has 55 heavy (non-hydrogen) atoms. The Kier molecular flexibility index (Phi) is 6.85. The zero-order valence-electron chi connectivity index (χ0n) is 31.1. The summed E-state index contributed by atoms with van der Waals surface area (Å²) in [6.45, 7) is 6.91. The fourth-order valence-electron chi connectivity index (χ4n) is 8.86. The molecule has 2 nitrogen and oxygen atoms in total. The van der Waals surface area contributed by atoms with Gasteiger partial charge in [-0.1, -0.05) is 154 Å². The largest absolute Gasteiger partial charge is 0.309 e. The third-order valence-corrected chi connectivity index (χ3v) is 11.7. The molecule has 0 saturated heterocycles. The summed E-state index contributed by atoms with van der Waals surface area (Å²) in [6.07, 6.45) is 0. The Morgan fingerprint density at radius 2 is 0.945 bits per heavy atom. The molecule has 11 aromatic rings. The van der Waals surface area contributed by atoms with Gasteiger partial charge in [-0.3, -0.25) is 0 Å². The first-order chi connectivity index (χ1) is 26.9. The Bertz CT molecular complexity index is 3190. The molecule has 0 amide bonds. The van der Waals surface area contributed by atoms with Crippen LogP contribution in [0.1, 0.15) is 26.3 Å². The molecule has 0 bridgehead atoms. The second-order valence-corrected chi connectivity index (χ2v) is 16.0. The predicted molar refractivity (Wildman–Crippen MR) is 235 cm³/mol. The first-order valence-corrected chi connectivity index (χ1v) is 19.2. The van der Waals surface area contributed by atoms with Gasteiger partial charge in [-0.2, -0.15) is 0 Å². The molecule has 0 saturated carbocycles. The molecule has 2 heteroatoms. The van der Waals surface area contributed by atoms with Crippen LogP contribution in [0.25, 0.3) is 104 Å². The van der Waals surface area contributed by atoms with E-state index in [0.717, 1.165) is 27.8 Å². The van der Waals surface area contributed by atoms with E-state index in [2.05, 4.69) is 201 Å². The minimum Gasteiger partial charge on any atom is -0.309 e. The van der Waals surface area contributed by atoms with Crippen LogP contribution in [0.15, 0.2) is 176 Å². The molecule has 2 aromatic heterocycles. The minimum atomic E-state index is 0.0561. The molecule has 0 spiro atoms. The Labute approximate surface area is 320 Å². The van der Waals surface area contributed by atoms with Crippen LogP contribution in [0.3, 0.4) is 0 Å². The maximum absolute atomic E-state index is 4.99. The van der Waals surface area contributed by atoms with E-state index in [1.165, 1.54) is 81.9 Å². The average molecular weight is 703 g/mol. The van der Waals surface area contributed by atoms with Crippen LogP contribution in [-0.4, -0.2) is 9.55 Å². The quantitative estimate of drug-likeness (QED) is 0.167. The average Bonchev–Trinajstić information content (AvgIpc) is 3.56. The third kappa shape index (κ3) is 4.98. The van der Waals surface area contributed by atoms with Crippen LogP contribution in [0, 0.1) is 0 Å². The molecule has 0 fully saturated rings. The van der Waals surface area contributed by atoms with Crippen LogP contribution in [0.2, 0.25) is 0 Å². The summed E-state index contributed by atoms with van der Waals surface area (Å²) in [5, 5.41) is 11.5. The highest BCUT2D eigenvalue weighted by Gasteiger charge is 2.21. The van der Waals surface area contributed by atoms with Crippen LogP contribution >= 0.6 is 0 Å². The van der Waals surface area contributed by atoms with E-state index in [1.54, 1.807) is 0 Å². The van der Waals surface area contributed by atoms with E-state index in [9.17, 15) is 0 Å². The van der Waals surface area contributed by atoms with Gasteiger partial charge in [0.15, 0.2) is 0 Å². The third-order valence-electron chi connectivity index (χ3n) is 11.7. The highest BCUT2D eigenvalue weighted by atomic mass is 15.0. The summed E-state index contributed by atoms with van der Waals surface area (Å²) in [6, 6.07) is 64.8. The lowest BCUT2D eigenvalue weighted by atomic mass is 9.81. The molecule has 260 valence electrons. The number of fused-ring (bicyclic) bond motifs is 4. The normalized spacial score (nSPS) is 12.3. The first-order valence-electron chi connectivity index (χ1n) is 19.2. The molecule has 9 aromatic carbocycles. The van der Waals surface area contributed by atoms with Crippen molar-refractivity contribution in [3.05, 3.63) is 181 Å². The molecule has 0 aliphatic heterocycles. The number of hydrogen-bond donors (Lipinski definition) is 0. The van der Waals surface area contributed by atoms with Crippen molar-refractivity contribution >= 4 is 65.0 Å². The SMILES string of the molecule is CC(C)(C)c1cc2ccc3c(-c4ccc(-c5ccc6ccccc6n5)cc4)cc(-c4ccc(-n5c6ccccc6c6ccccc65)cc4)c4ccc(c1)c2c34. The maximum Gasteiger partial charge on any atom is 0.0709 e. The van der Waals surface area contributed by atoms with E-state index < -0.39 is 0 Å². The second kappa shape index (κ2) is 11.9.